The summed E-state index contributed by atoms with van der Waals surface area (Å²) in [5.41, 5.74) is 0. The number of nitrogens with one attached hydrogen (secondary N) is 6. The van der Waals surface area contributed by atoms with Crippen molar-refractivity contribution >= 4 is 74.9 Å². The van der Waals surface area contributed by atoms with E-state index in [-0.39, 0.29) is 69.2 Å². The molecule has 2 fully saturated rings. The van der Waals surface area contributed by atoms with Gasteiger partial charge in [-0.1, -0.05) is 28.0 Å². The highest BCUT2D eigenvalue weighted by atomic mass is 33.1. The molecule has 8 N–H and O–H groups in total. The Hall–Kier alpha value is -2.86. The van der Waals surface area contributed by atoms with Gasteiger partial charge in [-0.15, -0.1) is 0 Å². The Balaban J connectivity index is 1.56. The van der Waals surface area contributed by atoms with Crippen LogP contribution in [-0.4, -0.2) is 112 Å². The summed E-state index contributed by atoms with van der Waals surface area (Å²) in [4.78, 5) is 82.3. The van der Waals surface area contributed by atoms with E-state index < -0.39 is 35.7 Å². The quantitative estimate of drug-likeness (QED) is 0.0310. The van der Waals surface area contributed by atoms with Gasteiger partial charge >= 0.3 is 18.0 Å². The lowest BCUT2D eigenvalue weighted by Crippen LogP contribution is -2.55. The van der Waals surface area contributed by atoms with Crippen molar-refractivity contribution < 1.29 is 43.8 Å². The Bertz CT molecular complexity index is 988. The van der Waals surface area contributed by atoms with Crippen molar-refractivity contribution in [3.05, 3.63) is 0 Å². The number of carbonyl (C=O) groups is 7. The number of urea groups is 1. The van der Waals surface area contributed by atoms with E-state index in [2.05, 4.69) is 31.9 Å². The maximum atomic E-state index is 12.5. The highest BCUT2D eigenvalue weighted by Crippen LogP contribution is 2.33. The number of amides is 6. The van der Waals surface area contributed by atoms with Gasteiger partial charge in [0.15, 0.2) is 6.04 Å². The van der Waals surface area contributed by atoms with Crippen LogP contribution < -0.4 is 31.9 Å². The first kappa shape index (κ1) is 37.3. The van der Waals surface area contributed by atoms with Crippen LogP contribution in [0.5, 0.6) is 0 Å². The zero-order valence-corrected chi connectivity index (χ0v) is 26.8. The van der Waals surface area contributed by atoms with Crippen LogP contribution in [0.1, 0.15) is 57.8 Å². The molecule has 248 valence electrons. The second-order valence-electron chi connectivity index (χ2n) is 10.2. The molecule has 0 aromatic rings. The Kier molecular flexibility index (Phi) is 17.8. The summed E-state index contributed by atoms with van der Waals surface area (Å²) in [7, 11) is 2.89. The molecule has 3 atom stereocenters. The molecule has 2 aliphatic rings. The Morgan fingerprint density at radius 1 is 0.773 bits per heavy atom. The average molecular weight is 679 g/mol. The van der Waals surface area contributed by atoms with Crippen molar-refractivity contribution in [2.24, 2.45) is 0 Å². The number of carboxylic acid groups (broad SMARTS) is 2. The van der Waals surface area contributed by atoms with Crippen LogP contribution in [0.25, 0.3) is 0 Å². The number of thioether (sulfide) groups is 1. The highest BCUT2D eigenvalue weighted by Gasteiger charge is 2.42. The molecular weight excluding hydrogens is 637 g/mol. The molecular formula is C26H42N6O9S3. The van der Waals surface area contributed by atoms with E-state index in [4.69, 9.17) is 10.2 Å². The Morgan fingerprint density at radius 3 is 2.05 bits per heavy atom. The van der Waals surface area contributed by atoms with E-state index in [1.54, 1.807) is 0 Å². The minimum atomic E-state index is -1.54. The van der Waals surface area contributed by atoms with Crippen molar-refractivity contribution in [1.82, 2.24) is 31.9 Å². The topological polar surface area (TPSA) is 232 Å². The fourth-order valence-corrected chi connectivity index (χ4v) is 7.88. The molecule has 0 saturated carbocycles. The lowest BCUT2D eigenvalue weighted by molar-refractivity contribution is -0.138. The summed E-state index contributed by atoms with van der Waals surface area (Å²) < 4.78 is 0. The van der Waals surface area contributed by atoms with E-state index in [1.807, 2.05) is 11.8 Å². The van der Waals surface area contributed by atoms with E-state index in [9.17, 15) is 33.6 Å². The Labute approximate surface area is 268 Å². The molecule has 18 heteroatoms. The number of rotatable bonds is 23. The summed E-state index contributed by atoms with van der Waals surface area (Å²) in [5.74, 6) is -2.24. The molecule has 0 aromatic heterocycles. The molecule has 2 heterocycles. The highest BCUT2D eigenvalue weighted by molar-refractivity contribution is 8.76. The summed E-state index contributed by atoms with van der Waals surface area (Å²) in [6.45, 7) is 0.493. The first-order valence-electron chi connectivity index (χ1n) is 14.5. The van der Waals surface area contributed by atoms with Gasteiger partial charge in [-0.05, 0) is 25.7 Å². The fraction of sp³-hybridized carbons (Fsp3) is 0.731. The first-order valence-corrected chi connectivity index (χ1v) is 18.1. The van der Waals surface area contributed by atoms with E-state index >= 15 is 0 Å². The van der Waals surface area contributed by atoms with Crippen molar-refractivity contribution in [3.8, 4) is 0 Å². The van der Waals surface area contributed by atoms with Crippen molar-refractivity contribution in [2.45, 2.75) is 81.2 Å². The van der Waals surface area contributed by atoms with Crippen LogP contribution in [0.4, 0.5) is 4.79 Å². The minimum absolute atomic E-state index is 0.00601. The second-order valence-corrected chi connectivity index (χ2v) is 14.2. The van der Waals surface area contributed by atoms with Gasteiger partial charge in [0.25, 0.3) is 11.8 Å². The van der Waals surface area contributed by atoms with Gasteiger partial charge < -0.3 is 42.1 Å². The summed E-state index contributed by atoms with van der Waals surface area (Å²) >= 11 is 1.86. The zero-order chi connectivity index (χ0) is 32.3. The Morgan fingerprint density at radius 2 is 1.41 bits per heavy atom. The number of fused-ring (bicyclic) bond motifs is 1. The average Bonchev–Trinajstić information content (AvgIpc) is 3.52. The number of aliphatic carboxylic acids is 2. The van der Waals surface area contributed by atoms with Crippen LogP contribution in [0.3, 0.4) is 0 Å². The third-order valence-corrected chi connectivity index (χ3v) is 10.6. The van der Waals surface area contributed by atoms with Crippen LogP contribution in [0, 0.1) is 0 Å². The van der Waals surface area contributed by atoms with E-state index in [0.29, 0.717) is 29.7 Å². The monoisotopic (exact) mass is 678 g/mol. The standard InChI is InChI=1S/C26H42N6O9S3/c33-18(6-2-1-5-17-22-16(15-42-17)30-26(41)32-22)27-12-14-44-43-13-9-19(34)31-23(24(39)28-10-3-7-20(35)36)25(40)29-11-4-8-21(37)38/h16-17,22-23H,1-15H2,(H,27,33)(H,28,39)(H,29,40)(H,31,34)(H,35,36)(H,37,38)(H2,30,32,41)/t16?,17-,22?/m0/s1. The van der Waals surface area contributed by atoms with Gasteiger partial charge in [0, 0.05) is 67.8 Å². The summed E-state index contributed by atoms with van der Waals surface area (Å²) in [6.07, 6.45) is 3.08. The third kappa shape index (κ3) is 15.2. The molecule has 0 spiro atoms. The number of unbranched alkanes of at least 4 members (excludes halogenated alkanes) is 1. The van der Waals surface area contributed by atoms with E-state index in [0.717, 1.165) is 25.0 Å². The summed E-state index contributed by atoms with van der Waals surface area (Å²) in [6, 6.07) is -1.27. The molecule has 0 aliphatic carbocycles. The van der Waals surface area contributed by atoms with Gasteiger partial charge in [-0.25, -0.2) is 4.79 Å². The lowest BCUT2D eigenvalue weighted by atomic mass is 10.0. The predicted octanol–water partition coefficient (Wildman–Crippen LogP) is 0.0467. The zero-order valence-electron chi connectivity index (χ0n) is 24.4. The van der Waals surface area contributed by atoms with E-state index in [1.165, 1.54) is 21.6 Å². The number of hydrogen-bond donors (Lipinski definition) is 8. The maximum absolute atomic E-state index is 12.5. The van der Waals surface area contributed by atoms with Crippen LogP contribution in [0.15, 0.2) is 0 Å². The molecule has 2 aliphatic heterocycles. The normalized spacial score (nSPS) is 18.6. The van der Waals surface area contributed by atoms with Crippen LogP contribution in [0.2, 0.25) is 0 Å². The number of hydrogen-bond acceptors (Lipinski definition) is 10. The first-order chi connectivity index (χ1) is 21.1. The number of carboxylic acids is 2. The van der Waals surface area contributed by atoms with Gasteiger partial charge in [-0.2, -0.15) is 11.8 Å². The minimum Gasteiger partial charge on any atom is -0.481 e. The molecule has 0 bridgehead atoms. The smallest absolute Gasteiger partial charge is 0.315 e. The van der Waals surface area contributed by atoms with Crippen LogP contribution >= 0.6 is 33.3 Å². The molecule has 15 nitrogen and oxygen atoms in total. The van der Waals surface area contributed by atoms with Crippen molar-refractivity contribution in [2.75, 3.05) is 36.9 Å². The van der Waals surface area contributed by atoms with Crippen LogP contribution in [-0.2, 0) is 28.8 Å². The summed E-state index contributed by atoms with van der Waals surface area (Å²) in [5, 5.41) is 33.9. The fourth-order valence-electron chi connectivity index (χ4n) is 4.44. The maximum Gasteiger partial charge on any atom is 0.315 e. The largest absolute Gasteiger partial charge is 0.481 e. The lowest BCUT2D eigenvalue weighted by Gasteiger charge is -2.18. The van der Waals surface area contributed by atoms with Gasteiger partial charge in [-0.3, -0.25) is 28.8 Å². The second kappa shape index (κ2) is 21.0. The molecule has 2 saturated heterocycles. The molecule has 0 aromatic carbocycles. The van der Waals surface area contributed by atoms with Crippen molar-refractivity contribution in [1.29, 1.82) is 0 Å². The molecule has 0 radical (unpaired) electrons. The van der Waals surface area contributed by atoms with Crippen molar-refractivity contribution in [3.63, 3.8) is 0 Å². The van der Waals surface area contributed by atoms with Gasteiger partial charge in [0.2, 0.25) is 11.8 Å². The predicted molar refractivity (Wildman–Crippen MR) is 168 cm³/mol. The van der Waals surface area contributed by atoms with Gasteiger partial charge in [0.1, 0.15) is 0 Å². The third-order valence-electron chi connectivity index (χ3n) is 6.65. The SMILES string of the molecule is O=C(O)CCCNC(=O)C(NC(=O)CCSSCCNC(=O)CCCC[C@@H]1SCC2NC(=O)NC21)C(=O)NCCCC(=O)O. The number of carbonyl (C=O) groups excluding carboxylic acids is 5. The molecule has 2 rings (SSSR count). The molecule has 44 heavy (non-hydrogen) atoms. The molecule has 6 amide bonds. The van der Waals surface area contributed by atoms with Gasteiger partial charge in [0.05, 0.1) is 12.1 Å². The molecule has 2 unspecified atom stereocenters.